The lowest BCUT2D eigenvalue weighted by Gasteiger charge is -2.25. The van der Waals surface area contributed by atoms with Crippen molar-refractivity contribution < 1.29 is 9.53 Å². The highest BCUT2D eigenvalue weighted by atomic mass is 32.2. The van der Waals surface area contributed by atoms with Gasteiger partial charge in [-0.3, -0.25) is 0 Å². The van der Waals surface area contributed by atoms with Crippen LogP contribution < -0.4 is 5.32 Å². The van der Waals surface area contributed by atoms with E-state index in [2.05, 4.69) is 5.32 Å². The van der Waals surface area contributed by atoms with Gasteiger partial charge in [0.1, 0.15) is 6.61 Å². The Labute approximate surface area is 76.2 Å². The van der Waals surface area contributed by atoms with Crippen LogP contribution in [0.3, 0.4) is 0 Å². The molecule has 2 rings (SSSR count). The molecule has 0 spiro atoms. The Hall–Kier alpha value is -0.380. The van der Waals surface area contributed by atoms with E-state index in [1.54, 1.807) is 0 Å². The zero-order chi connectivity index (χ0) is 8.39. The second-order valence-electron chi connectivity index (χ2n) is 3.30. The van der Waals surface area contributed by atoms with Crippen LogP contribution in [0.15, 0.2) is 0 Å². The molecule has 0 radical (unpaired) electrons. The molecule has 68 valence electrons. The average molecular weight is 187 g/mol. The summed E-state index contributed by atoms with van der Waals surface area (Å²) in [6.45, 7) is 0.578. The van der Waals surface area contributed by atoms with Crippen LogP contribution in [-0.4, -0.2) is 30.2 Å². The topological polar surface area (TPSA) is 38.3 Å². The summed E-state index contributed by atoms with van der Waals surface area (Å²) in [5, 5.41) is 2.85. The Bertz CT molecular complexity index is 180. The third kappa shape index (κ3) is 1.68. The van der Waals surface area contributed by atoms with Crippen LogP contribution in [0, 0.1) is 5.92 Å². The van der Waals surface area contributed by atoms with E-state index in [0.717, 1.165) is 0 Å². The van der Waals surface area contributed by atoms with Gasteiger partial charge in [0.05, 0.1) is 6.04 Å². The molecule has 2 fully saturated rings. The zero-order valence-corrected chi connectivity index (χ0v) is 7.73. The highest BCUT2D eigenvalue weighted by molar-refractivity contribution is 7.99. The SMILES string of the molecule is O=C1NC(C2CCSCC2)CO1. The van der Waals surface area contributed by atoms with Crippen molar-refractivity contribution >= 4 is 17.9 Å². The van der Waals surface area contributed by atoms with Crippen LogP contribution in [0.1, 0.15) is 12.8 Å². The summed E-state index contributed by atoms with van der Waals surface area (Å²) in [5.41, 5.74) is 0. The number of hydrogen-bond donors (Lipinski definition) is 1. The number of amides is 1. The smallest absolute Gasteiger partial charge is 0.407 e. The normalized spacial score (nSPS) is 31.3. The molecule has 2 saturated heterocycles. The fraction of sp³-hybridized carbons (Fsp3) is 0.875. The molecule has 0 saturated carbocycles. The van der Waals surface area contributed by atoms with Crippen molar-refractivity contribution in [2.45, 2.75) is 18.9 Å². The van der Waals surface area contributed by atoms with Gasteiger partial charge in [-0.05, 0) is 30.3 Å². The third-order valence-corrected chi connectivity index (χ3v) is 3.58. The van der Waals surface area contributed by atoms with Crippen molar-refractivity contribution in [2.24, 2.45) is 5.92 Å². The maximum Gasteiger partial charge on any atom is 0.407 e. The van der Waals surface area contributed by atoms with E-state index < -0.39 is 0 Å². The lowest BCUT2D eigenvalue weighted by Crippen LogP contribution is -2.35. The van der Waals surface area contributed by atoms with E-state index in [0.29, 0.717) is 18.6 Å². The molecular weight excluding hydrogens is 174 g/mol. The second kappa shape index (κ2) is 3.56. The van der Waals surface area contributed by atoms with Gasteiger partial charge in [-0.2, -0.15) is 11.8 Å². The first-order chi connectivity index (χ1) is 5.86. The average Bonchev–Trinajstić information content (AvgIpc) is 2.54. The van der Waals surface area contributed by atoms with Crippen LogP contribution in [0.25, 0.3) is 0 Å². The van der Waals surface area contributed by atoms with Crippen molar-refractivity contribution in [1.82, 2.24) is 5.32 Å². The Morgan fingerprint density at radius 2 is 2.17 bits per heavy atom. The maximum atomic E-state index is 10.8. The summed E-state index contributed by atoms with van der Waals surface area (Å²) in [6.07, 6.45) is 2.20. The van der Waals surface area contributed by atoms with Crippen molar-refractivity contribution in [1.29, 1.82) is 0 Å². The summed E-state index contributed by atoms with van der Waals surface area (Å²) in [4.78, 5) is 10.8. The first-order valence-corrected chi connectivity index (χ1v) is 5.53. The van der Waals surface area contributed by atoms with Gasteiger partial charge in [0, 0.05) is 0 Å². The molecule has 1 atom stereocenters. The van der Waals surface area contributed by atoms with E-state index in [9.17, 15) is 4.79 Å². The molecule has 12 heavy (non-hydrogen) atoms. The second-order valence-corrected chi connectivity index (χ2v) is 4.52. The standard InChI is InChI=1S/C8H13NO2S/c10-8-9-7(5-11-8)6-1-3-12-4-2-6/h6-7H,1-5H2,(H,9,10). The summed E-state index contributed by atoms with van der Waals surface area (Å²) < 4.78 is 4.86. The number of alkyl carbamates (subject to hydrolysis) is 1. The lowest BCUT2D eigenvalue weighted by atomic mass is 9.95. The largest absolute Gasteiger partial charge is 0.447 e. The number of thioether (sulfide) groups is 1. The number of hydrogen-bond acceptors (Lipinski definition) is 3. The van der Waals surface area contributed by atoms with Crippen LogP contribution in [0.5, 0.6) is 0 Å². The zero-order valence-electron chi connectivity index (χ0n) is 6.91. The van der Waals surface area contributed by atoms with E-state index >= 15 is 0 Å². The minimum Gasteiger partial charge on any atom is -0.447 e. The van der Waals surface area contributed by atoms with Gasteiger partial charge in [-0.15, -0.1) is 0 Å². The number of rotatable bonds is 1. The fourth-order valence-corrected chi connectivity index (χ4v) is 2.92. The van der Waals surface area contributed by atoms with Crippen LogP contribution in [-0.2, 0) is 4.74 Å². The molecule has 0 aromatic heterocycles. The first kappa shape index (κ1) is 8.23. The quantitative estimate of drug-likeness (QED) is 0.671. The molecule has 0 aromatic carbocycles. The number of cyclic esters (lactones) is 1. The molecular formula is C8H13NO2S. The lowest BCUT2D eigenvalue weighted by molar-refractivity contribution is 0.174. The van der Waals surface area contributed by atoms with E-state index in [1.165, 1.54) is 24.3 Å². The van der Waals surface area contributed by atoms with Crippen molar-refractivity contribution in [3.8, 4) is 0 Å². The molecule has 1 unspecified atom stereocenters. The Balaban J connectivity index is 1.86. The van der Waals surface area contributed by atoms with E-state index in [-0.39, 0.29) is 6.09 Å². The van der Waals surface area contributed by atoms with Gasteiger partial charge in [0.2, 0.25) is 0 Å². The molecule has 0 aliphatic carbocycles. The summed E-state index contributed by atoms with van der Waals surface area (Å²) in [7, 11) is 0. The first-order valence-electron chi connectivity index (χ1n) is 4.37. The van der Waals surface area contributed by atoms with Crippen LogP contribution >= 0.6 is 11.8 Å². The fourth-order valence-electron chi connectivity index (χ4n) is 1.77. The molecule has 0 bridgehead atoms. The minimum absolute atomic E-state index is 0.238. The van der Waals surface area contributed by atoms with Crippen LogP contribution in [0.4, 0.5) is 4.79 Å². The minimum atomic E-state index is -0.238. The molecule has 1 amide bonds. The Morgan fingerprint density at radius 3 is 2.75 bits per heavy atom. The maximum absolute atomic E-state index is 10.8. The highest BCUT2D eigenvalue weighted by Gasteiger charge is 2.30. The summed E-state index contributed by atoms with van der Waals surface area (Å²) in [5.74, 6) is 3.12. The number of carbonyl (C=O) groups excluding carboxylic acids is 1. The predicted octanol–water partition coefficient (Wildman–Crippen LogP) is 1.24. The molecule has 2 aliphatic heterocycles. The molecule has 4 heteroatoms. The highest BCUT2D eigenvalue weighted by Crippen LogP contribution is 2.26. The van der Waals surface area contributed by atoms with Gasteiger partial charge in [0.25, 0.3) is 0 Å². The van der Waals surface area contributed by atoms with Crippen molar-refractivity contribution in [3.05, 3.63) is 0 Å². The van der Waals surface area contributed by atoms with Gasteiger partial charge < -0.3 is 10.1 Å². The molecule has 2 aliphatic rings. The van der Waals surface area contributed by atoms with Gasteiger partial charge in [-0.1, -0.05) is 0 Å². The van der Waals surface area contributed by atoms with Crippen LogP contribution in [0.2, 0.25) is 0 Å². The van der Waals surface area contributed by atoms with Gasteiger partial charge >= 0.3 is 6.09 Å². The number of carbonyl (C=O) groups is 1. The Kier molecular flexibility index (Phi) is 2.44. The third-order valence-electron chi connectivity index (χ3n) is 2.53. The van der Waals surface area contributed by atoms with Crippen molar-refractivity contribution in [3.63, 3.8) is 0 Å². The van der Waals surface area contributed by atoms with E-state index in [4.69, 9.17) is 4.74 Å². The molecule has 2 heterocycles. The number of ether oxygens (including phenoxy) is 1. The Morgan fingerprint density at radius 1 is 1.42 bits per heavy atom. The van der Waals surface area contributed by atoms with Gasteiger partial charge in [-0.25, -0.2) is 4.79 Å². The molecule has 3 nitrogen and oxygen atoms in total. The molecule has 0 aromatic rings. The predicted molar refractivity (Wildman–Crippen MR) is 48.3 cm³/mol. The number of nitrogens with one attached hydrogen (secondary N) is 1. The van der Waals surface area contributed by atoms with Gasteiger partial charge in [0.15, 0.2) is 0 Å². The monoisotopic (exact) mass is 187 g/mol. The summed E-state index contributed by atoms with van der Waals surface area (Å²) >= 11 is 2.00. The molecule has 1 N–H and O–H groups in total. The van der Waals surface area contributed by atoms with Crippen molar-refractivity contribution in [2.75, 3.05) is 18.1 Å². The van der Waals surface area contributed by atoms with E-state index in [1.807, 2.05) is 11.8 Å². The summed E-state index contributed by atoms with van der Waals surface area (Å²) in [6, 6.07) is 0.290.